The Balaban J connectivity index is 1.84. The molecule has 2 rings (SSSR count). The number of carbonyl (C=O) groups is 1. The summed E-state index contributed by atoms with van der Waals surface area (Å²) in [6.45, 7) is 0.518. The van der Waals surface area contributed by atoms with Crippen LogP contribution in [-0.2, 0) is 6.42 Å². The van der Waals surface area contributed by atoms with E-state index in [4.69, 9.17) is 4.74 Å². The highest BCUT2D eigenvalue weighted by Gasteiger charge is 1.97. The maximum absolute atomic E-state index is 10.4. The van der Waals surface area contributed by atoms with Crippen molar-refractivity contribution < 1.29 is 9.53 Å². The third kappa shape index (κ3) is 3.38. The lowest BCUT2D eigenvalue weighted by Crippen LogP contribution is -2.03. The van der Waals surface area contributed by atoms with Crippen LogP contribution in [0.1, 0.15) is 16.1 Å². The molecule has 0 spiro atoms. The summed E-state index contributed by atoms with van der Waals surface area (Å²) < 4.78 is 5.44. The molecule has 0 saturated heterocycles. The summed E-state index contributed by atoms with van der Waals surface area (Å²) in [6.07, 6.45) is 4.73. The lowest BCUT2D eigenvalue weighted by atomic mass is 10.3. The van der Waals surface area contributed by atoms with Crippen LogP contribution >= 0.6 is 0 Å². The monoisotopic (exact) mass is 228 g/mol. The second-order valence-electron chi connectivity index (χ2n) is 3.47. The lowest BCUT2D eigenvalue weighted by Gasteiger charge is -2.04. The summed E-state index contributed by atoms with van der Waals surface area (Å²) >= 11 is 0. The van der Waals surface area contributed by atoms with Gasteiger partial charge in [0.05, 0.1) is 6.61 Å². The highest BCUT2D eigenvalue weighted by atomic mass is 16.5. The largest absolute Gasteiger partial charge is 0.477 e. The normalized spacial score (nSPS) is 9.88. The molecule has 0 aliphatic rings. The first-order valence-corrected chi connectivity index (χ1v) is 5.32. The van der Waals surface area contributed by atoms with Crippen LogP contribution in [0.15, 0.2) is 42.7 Å². The average Bonchev–Trinajstić information content (AvgIpc) is 2.41. The van der Waals surface area contributed by atoms with Crippen molar-refractivity contribution in [1.29, 1.82) is 0 Å². The highest BCUT2D eigenvalue weighted by molar-refractivity contribution is 5.73. The molecule has 2 aromatic heterocycles. The van der Waals surface area contributed by atoms with E-state index in [1.807, 2.05) is 18.2 Å². The zero-order chi connectivity index (χ0) is 11.9. The number of hydrogen-bond donors (Lipinski definition) is 0. The summed E-state index contributed by atoms with van der Waals surface area (Å²) in [4.78, 5) is 18.6. The van der Waals surface area contributed by atoms with Gasteiger partial charge in [0, 0.05) is 36.1 Å². The molecule has 0 radical (unpaired) electrons. The zero-order valence-corrected chi connectivity index (χ0v) is 9.24. The SMILES string of the molecule is O=Cc1ccc(OCCc2ccccn2)nc1. The van der Waals surface area contributed by atoms with Crippen LogP contribution in [0.4, 0.5) is 0 Å². The van der Waals surface area contributed by atoms with Gasteiger partial charge in [-0.25, -0.2) is 4.98 Å². The molecule has 0 saturated carbocycles. The van der Waals surface area contributed by atoms with Gasteiger partial charge in [0.2, 0.25) is 5.88 Å². The number of ether oxygens (including phenoxy) is 1. The van der Waals surface area contributed by atoms with E-state index in [9.17, 15) is 4.79 Å². The number of nitrogens with zero attached hydrogens (tertiary/aromatic N) is 2. The van der Waals surface area contributed by atoms with Crippen molar-refractivity contribution >= 4 is 6.29 Å². The molecule has 0 unspecified atom stereocenters. The molecular weight excluding hydrogens is 216 g/mol. The number of carbonyl (C=O) groups excluding carboxylic acids is 1. The molecule has 0 bridgehead atoms. The molecule has 0 aliphatic heterocycles. The Kier molecular flexibility index (Phi) is 3.81. The fourth-order valence-corrected chi connectivity index (χ4v) is 1.35. The molecule has 2 heterocycles. The lowest BCUT2D eigenvalue weighted by molar-refractivity contribution is 0.112. The minimum atomic E-state index is 0.518. The maximum Gasteiger partial charge on any atom is 0.213 e. The Morgan fingerprint density at radius 2 is 2.12 bits per heavy atom. The van der Waals surface area contributed by atoms with Crippen molar-refractivity contribution in [3.63, 3.8) is 0 Å². The van der Waals surface area contributed by atoms with Gasteiger partial charge in [-0.05, 0) is 18.2 Å². The Bertz CT molecular complexity index is 469. The second kappa shape index (κ2) is 5.75. The first kappa shape index (κ1) is 11.3. The van der Waals surface area contributed by atoms with E-state index in [1.54, 1.807) is 18.3 Å². The van der Waals surface area contributed by atoms with Gasteiger partial charge in [-0.2, -0.15) is 0 Å². The molecule has 2 aromatic rings. The third-order valence-electron chi connectivity index (χ3n) is 2.23. The molecule has 0 fully saturated rings. The van der Waals surface area contributed by atoms with Crippen molar-refractivity contribution in [1.82, 2.24) is 9.97 Å². The van der Waals surface area contributed by atoms with Gasteiger partial charge in [0.1, 0.15) is 0 Å². The summed E-state index contributed by atoms with van der Waals surface area (Å²) in [5.74, 6) is 0.520. The van der Waals surface area contributed by atoms with Gasteiger partial charge in [0.15, 0.2) is 6.29 Å². The van der Waals surface area contributed by atoms with Crippen LogP contribution < -0.4 is 4.74 Å². The van der Waals surface area contributed by atoms with E-state index in [-0.39, 0.29) is 0 Å². The van der Waals surface area contributed by atoms with E-state index in [0.717, 1.165) is 18.4 Å². The number of pyridine rings is 2. The Labute approximate surface area is 99.3 Å². The molecule has 86 valence electrons. The van der Waals surface area contributed by atoms with Gasteiger partial charge in [-0.15, -0.1) is 0 Å². The predicted octanol–water partition coefficient (Wildman–Crippen LogP) is 1.91. The van der Waals surface area contributed by atoms with Crippen LogP contribution in [0.25, 0.3) is 0 Å². The quantitative estimate of drug-likeness (QED) is 0.733. The standard InChI is InChI=1S/C13H12N2O2/c16-10-11-4-5-13(15-9-11)17-8-6-12-3-1-2-7-14-12/h1-5,7,9-10H,6,8H2. The van der Waals surface area contributed by atoms with Gasteiger partial charge < -0.3 is 4.74 Å². The fraction of sp³-hybridized carbons (Fsp3) is 0.154. The van der Waals surface area contributed by atoms with E-state index < -0.39 is 0 Å². The van der Waals surface area contributed by atoms with Crippen LogP contribution in [-0.4, -0.2) is 22.9 Å². The third-order valence-corrected chi connectivity index (χ3v) is 2.23. The average molecular weight is 228 g/mol. The minimum absolute atomic E-state index is 0.518. The molecule has 0 amide bonds. The molecule has 0 N–H and O–H groups in total. The number of rotatable bonds is 5. The molecule has 0 aliphatic carbocycles. The Morgan fingerprint density at radius 3 is 2.76 bits per heavy atom. The van der Waals surface area contributed by atoms with Crippen LogP contribution in [0.2, 0.25) is 0 Å². The first-order valence-electron chi connectivity index (χ1n) is 5.32. The van der Waals surface area contributed by atoms with E-state index in [2.05, 4.69) is 9.97 Å². The summed E-state index contributed by atoms with van der Waals surface area (Å²) in [5.41, 5.74) is 1.53. The second-order valence-corrected chi connectivity index (χ2v) is 3.47. The summed E-state index contributed by atoms with van der Waals surface area (Å²) in [5, 5.41) is 0. The molecule has 0 atom stereocenters. The summed E-state index contributed by atoms with van der Waals surface area (Å²) in [6, 6.07) is 9.13. The molecule has 17 heavy (non-hydrogen) atoms. The van der Waals surface area contributed by atoms with Crippen molar-refractivity contribution in [2.45, 2.75) is 6.42 Å². The van der Waals surface area contributed by atoms with Crippen molar-refractivity contribution in [3.8, 4) is 5.88 Å². The van der Waals surface area contributed by atoms with Crippen molar-refractivity contribution in [3.05, 3.63) is 54.0 Å². The highest BCUT2D eigenvalue weighted by Crippen LogP contribution is 2.06. The van der Waals surface area contributed by atoms with Crippen LogP contribution in [0.5, 0.6) is 5.88 Å². The van der Waals surface area contributed by atoms with Crippen LogP contribution in [0.3, 0.4) is 0 Å². The molecule has 4 heteroatoms. The first-order chi connectivity index (χ1) is 8.38. The molecule has 4 nitrogen and oxygen atoms in total. The zero-order valence-electron chi connectivity index (χ0n) is 9.24. The predicted molar refractivity (Wildman–Crippen MR) is 63.1 cm³/mol. The van der Waals surface area contributed by atoms with Crippen molar-refractivity contribution in [2.24, 2.45) is 0 Å². The number of aromatic nitrogens is 2. The fourth-order valence-electron chi connectivity index (χ4n) is 1.35. The smallest absolute Gasteiger partial charge is 0.213 e. The topological polar surface area (TPSA) is 52.1 Å². The van der Waals surface area contributed by atoms with Gasteiger partial charge in [-0.3, -0.25) is 9.78 Å². The van der Waals surface area contributed by atoms with Gasteiger partial charge >= 0.3 is 0 Å². The molecule has 0 aromatic carbocycles. The van der Waals surface area contributed by atoms with E-state index >= 15 is 0 Å². The number of aldehydes is 1. The Hall–Kier alpha value is -2.23. The minimum Gasteiger partial charge on any atom is -0.477 e. The van der Waals surface area contributed by atoms with Crippen LogP contribution in [0, 0.1) is 0 Å². The molecular formula is C13H12N2O2. The van der Waals surface area contributed by atoms with Crippen molar-refractivity contribution in [2.75, 3.05) is 6.61 Å². The van der Waals surface area contributed by atoms with Gasteiger partial charge in [-0.1, -0.05) is 6.07 Å². The summed E-state index contributed by atoms with van der Waals surface area (Å²) in [7, 11) is 0. The Morgan fingerprint density at radius 1 is 1.18 bits per heavy atom. The van der Waals surface area contributed by atoms with E-state index in [0.29, 0.717) is 18.1 Å². The maximum atomic E-state index is 10.4. The number of hydrogen-bond acceptors (Lipinski definition) is 4. The van der Waals surface area contributed by atoms with E-state index in [1.165, 1.54) is 6.20 Å². The van der Waals surface area contributed by atoms with Gasteiger partial charge in [0.25, 0.3) is 0 Å².